The van der Waals surface area contributed by atoms with Gasteiger partial charge in [-0.2, -0.15) is 0 Å². The summed E-state index contributed by atoms with van der Waals surface area (Å²) in [5, 5.41) is 0. The number of sulfone groups is 1. The van der Waals surface area contributed by atoms with Crippen molar-refractivity contribution in [1.29, 1.82) is 0 Å². The molecule has 0 amide bonds. The Morgan fingerprint density at radius 3 is 2.43 bits per heavy atom. The van der Waals surface area contributed by atoms with Crippen LogP contribution in [0.15, 0.2) is 51.1 Å². The average Bonchev–Trinajstić information content (AvgIpc) is 2.76. The zero-order valence-corrected chi connectivity index (χ0v) is 17.3. The van der Waals surface area contributed by atoms with Gasteiger partial charge in [0.2, 0.25) is 19.9 Å². The van der Waals surface area contributed by atoms with Gasteiger partial charge in [-0.25, -0.2) is 21.6 Å². The average molecular weight is 422 g/mol. The second-order valence-corrected chi connectivity index (χ2v) is 10.9. The maximum Gasteiger partial charge on any atom is 0.241 e. The van der Waals surface area contributed by atoms with Crippen LogP contribution in [0.1, 0.15) is 29.5 Å². The first-order valence-electron chi connectivity index (χ1n) is 9.35. The summed E-state index contributed by atoms with van der Waals surface area (Å²) >= 11 is 0. The maximum atomic E-state index is 13.3. The Bertz CT molecular complexity index is 1120. The van der Waals surface area contributed by atoms with Crippen molar-refractivity contribution in [2.24, 2.45) is 0 Å². The number of fused-ring (bicyclic) bond motifs is 2. The molecule has 0 saturated carbocycles. The van der Waals surface area contributed by atoms with Crippen LogP contribution in [-0.4, -0.2) is 36.1 Å². The second kappa shape index (κ2) is 7.26. The summed E-state index contributed by atoms with van der Waals surface area (Å²) in [5.41, 5.74) is 1.99. The van der Waals surface area contributed by atoms with Crippen LogP contribution in [0.3, 0.4) is 0 Å². The number of rotatable bonds is 3. The van der Waals surface area contributed by atoms with Crippen molar-refractivity contribution in [1.82, 2.24) is 4.72 Å². The Hall–Kier alpha value is -1.74. The highest BCUT2D eigenvalue weighted by atomic mass is 32.2. The zero-order chi connectivity index (χ0) is 19.9. The lowest BCUT2D eigenvalue weighted by Gasteiger charge is -2.23. The highest BCUT2D eigenvalue weighted by Gasteiger charge is 2.31. The van der Waals surface area contributed by atoms with E-state index >= 15 is 0 Å². The van der Waals surface area contributed by atoms with Gasteiger partial charge in [-0.15, -0.1) is 0 Å². The van der Waals surface area contributed by atoms with Gasteiger partial charge in [0.1, 0.15) is 0 Å². The van der Waals surface area contributed by atoms with E-state index in [-0.39, 0.29) is 20.7 Å². The molecule has 1 fully saturated rings. The van der Waals surface area contributed by atoms with Crippen molar-refractivity contribution < 1.29 is 21.6 Å². The predicted molar refractivity (Wildman–Crippen MR) is 105 cm³/mol. The molecule has 28 heavy (non-hydrogen) atoms. The predicted octanol–water partition coefficient (Wildman–Crippen LogP) is 2.38. The SMILES string of the molecule is Cc1cc2c(cc1S(=O)(=O)NC1CCOCC1)S(=O)(=O)c1ccccc1CC2. The van der Waals surface area contributed by atoms with Gasteiger partial charge in [-0.1, -0.05) is 24.3 Å². The molecule has 4 rings (SSSR count). The fourth-order valence-electron chi connectivity index (χ4n) is 3.92. The molecule has 0 atom stereocenters. The maximum absolute atomic E-state index is 13.3. The fraction of sp³-hybridized carbons (Fsp3) is 0.400. The van der Waals surface area contributed by atoms with Crippen LogP contribution < -0.4 is 4.72 Å². The van der Waals surface area contributed by atoms with E-state index in [0.29, 0.717) is 50.0 Å². The molecule has 2 aromatic rings. The van der Waals surface area contributed by atoms with Crippen molar-refractivity contribution >= 4 is 19.9 Å². The minimum atomic E-state index is -3.83. The van der Waals surface area contributed by atoms with E-state index in [1.165, 1.54) is 6.07 Å². The van der Waals surface area contributed by atoms with Gasteiger partial charge in [-0.3, -0.25) is 0 Å². The van der Waals surface area contributed by atoms with E-state index in [2.05, 4.69) is 4.72 Å². The number of hydrogen-bond acceptors (Lipinski definition) is 5. The smallest absolute Gasteiger partial charge is 0.241 e. The van der Waals surface area contributed by atoms with E-state index in [9.17, 15) is 16.8 Å². The number of hydrogen-bond donors (Lipinski definition) is 1. The van der Waals surface area contributed by atoms with Crippen molar-refractivity contribution in [3.63, 3.8) is 0 Å². The molecule has 150 valence electrons. The van der Waals surface area contributed by atoms with E-state index in [0.717, 1.165) is 5.56 Å². The summed E-state index contributed by atoms with van der Waals surface area (Å²) in [6.45, 7) is 2.74. The fourth-order valence-corrected chi connectivity index (χ4v) is 7.34. The Kier molecular flexibility index (Phi) is 5.07. The first-order chi connectivity index (χ1) is 13.3. The zero-order valence-electron chi connectivity index (χ0n) is 15.6. The van der Waals surface area contributed by atoms with Crippen LogP contribution in [0.25, 0.3) is 0 Å². The molecule has 8 heteroatoms. The third-order valence-electron chi connectivity index (χ3n) is 5.41. The van der Waals surface area contributed by atoms with E-state index in [1.807, 2.05) is 12.1 Å². The summed E-state index contributed by atoms with van der Waals surface area (Å²) in [4.78, 5) is 0.384. The van der Waals surface area contributed by atoms with E-state index in [4.69, 9.17) is 4.74 Å². The van der Waals surface area contributed by atoms with E-state index in [1.54, 1.807) is 25.1 Å². The molecule has 0 aromatic heterocycles. The summed E-state index contributed by atoms with van der Waals surface area (Å²) in [6.07, 6.45) is 2.37. The quantitative estimate of drug-likeness (QED) is 0.822. The summed E-state index contributed by atoms with van der Waals surface area (Å²) in [5.74, 6) is 0. The summed E-state index contributed by atoms with van der Waals surface area (Å²) < 4.78 is 60.5. The monoisotopic (exact) mass is 421 g/mol. The number of ether oxygens (including phenoxy) is 1. The molecule has 0 radical (unpaired) electrons. The lowest BCUT2D eigenvalue weighted by atomic mass is 10.0. The molecule has 0 bridgehead atoms. The van der Waals surface area contributed by atoms with Crippen molar-refractivity contribution in [3.05, 3.63) is 53.1 Å². The number of sulfonamides is 1. The van der Waals surface area contributed by atoms with Crippen LogP contribution in [0.5, 0.6) is 0 Å². The van der Waals surface area contributed by atoms with Crippen LogP contribution in [0.2, 0.25) is 0 Å². The largest absolute Gasteiger partial charge is 0.381 e. The number of aryl methyl sites for hydroxylation is 3. The molecule has 2 aliphatic rings. The molecule has 6 nitrogen and oxygen atoms in total. The molecule has 0 aliphatic carbocycles. The van der Waals surface area contributed by atoms with Crippen molar-refractivity contribution in [2.45, 2.75) is 53.3 Å². The topological polar surface area (TPSA) is 89.5 Å². The molecule has 2 heterocycles. The standard InChI is InChI=1S/C20H23NO5S2/c1-14-12-16-7-6-15-4-2-3-5-18(15)27(22,23)20(16)13-19(14)28(24,25)21-17-8-10-26-11-9-17/h2-5,12-13,17,21H,6-11H2,1H3. The number of nitrogens with one attached hydrogen (secondary N) is 1. The molecule has 0 spiro atoms. The van der Waals surface area contributed by atoms with Gasteiger partial charge in [0.05, 0.1) is 14.7 Å². The Balaban J connectivity index is 1.80. The van der Waals surface area contributed by atoms with E-state index < -0.39 is 19.9 Å². The Morgan fingerprint density at radius 1 is 1.00 bits per heavy atom. The van der Waals surface area contributed by atoms with Crippen LogP contribution in [0, 0.1) is 6.92 Å². The molecule has 1 N–H and O–H groups in total. The third kappa shape index (κ3) is 3.50. The van der Waals surface area contributed by atoms with Crippen LogP contribution >= 0.6 is 0 Å². The van der Waals surface area contributed by atoms with Gasteiger partial charge >= 0.3 is 0 Å². The van der Waals surface area contributed by atoms with Gasteiger partial charge in [-0.05, 0) is 61.4 Å². The molecular weight excluding hydrogens is 398 g/mol. The summed E-state index contributed by atoms with van der Waals surface area (Å²) in [6, 6.07) is 9.77. The molecule has 0 unspecified atom stereocenters. The first kappa shape index (κ1) is 19.6. The normalized spacial score (nSPS) is 19.5. The molecular formula is C20H23NO5S2. The van der Waals surface area contributed by atoms with Crippen LogP contribution in [0.4, 0.5) is 0 Å². The Morgan fingerprint density at radius 2 is 1.68 bits per heavy atom. The third-order valence-corrected chi connectivity index (χ3v) is 9.00. The lowest BCUT2D eigenvalue weighted by Crippen LogP contribution is -2.39. The Labute approximate surface area is 165 Å². The molecule has 1 saturated heterocycles. The first-order valence-corrected chi connectivity index (χ1v) is 12.3. The molecule has 2 aromatic carbocycles. The summed E-state index contributed by atoms with van der Waals surface area (Å²) in [7, 11) is -7.62. The van der Waals surface area contributed by atoms with Crippen LogP contribution in [-0.2, 0) is 37.4 Å². The highest BCUT2D eigenvalue weighted by molar-refractivity contribution is 7.92. The van der Waals surface area contributed by atoms with Gasteiger partial charge in [0.25, 0.3) is 0 Å². The van der Waals surface area contributed by atoms with Gasteiger partial charge < -0.3 is 4.74 Å². The van der Waals surface area contributed by atoms with Crippen molar-refractivity contribution in [3.8, 4) is 0 Å². The van der Waals surface area contributed by atoms with Gasteiger partial charge in [0, 0.05) is 19.3 Å². The second-order valence-electron chi connectivity index (χ2n) is 7.34. The van der Waals surface area contributed by atoms with Crippen molar-refractivity contribution in [2.75, 3.05) is 13.2 Å². The minimum Gasteiger partial charge on any atom is -0.381 e. The minimum absolute atomic E-state index is 0.0284. The lowest BCUT2D eigenvalue weighted by molar-refractivity contribution is 0.0832. The molecule has 2 aliphatic heterocycles. The highest BCUT2D eigenvalue weighted by Crippen LogP contribution is 2.34. The van der Waals surface area contributed by atoms with Gasteiger partial charge in [0.15, 0.2) is 0 Å². The number of benzene rings is 2.